The molecule has 0 radical (unpaired) electrons. The molecule has 0 rings (SSSR count). The Labute approximate surface area is 82.9 Å². The fraction of sp³-hybridized carbons (Fsp3) is 1.00. The van der Waals surface area contributed by atoms with Gasteiger partial charge >= 0.3 is 0 Å². The third-order valence-corrected chi connectivity index (χ3v) is 2.15. The van der Waals surface area contributed by atoms with Crippen LogP contribution in [0.15, 0.2) is 0 Å². The van der Waals surface area contributed by atoms with Crippen molar-refractivity contribution < 1.29 is 14.2 Å². The maximum Gasteiger partial charge on any atom is 0.279 e. The monoisotopic (exact) mass is 216 g/mol. The summed E-state index contributed by atoms with van der Waals surface area (Å²) < 4.78 is 15.2. The van der Waals surface area contributed by atoms with Crippen LogP contribution in [-0.2, 0) is 14.2 Å². The van der Waals surface area contributed by atoms with Gasteiger partial charge in [0.25, 0.3) is 5.97 Å². The molecule has 0 aromatic carbocycles. The van der Waals surface area contributed by atoms with Gasteiger partial charge in [0.1, 0.15) is 0 Å². The van der Waals surface area contributed by atoms with Crippen LogP contribution in [0.4, 0.5) is 0 Å². The SMILES string of the molecule is COC(C)(OC)OC(CCl)CCl. The molecule has 0 aromatic rings. The van der Waals surface area contributed by atoms with Gasteiger partial charge in [-0.3, -0.25) is 0 Å². The van der Waals surface area contributed by atoms with Crippen LogP contribution in [0.1, 0.15) is 6.92 Å². The minimum atomic E-state index is -1.06. The van der Waals surface area contributed by atoms with E-state index in [4.69, 9.17) is 37.4 Å². The molecule has 3 nitrogen and oxygen atoms in total. The zero-order valence-electron chi connectivity index (χ0n) is 7.47. The van der Waals surface area contributed by atoms with Gasteiger partial charge in [0.15, 0.2) is 0 Å². The lowest BCUT2D eigenvalue weighted by Crippen LogP contribution is -2.38. The second kappa shape index (κ2) is 6.00. The van der Waals surface area contributed by atoms with Gasteiger partial charge in [0.05, 0.1) is 17.9 Å². The van der Waals surface area contributed by atoms with E-state index in [1.54, 1.807) is 6.92 Å². The molecule has 0 saturated carbocycles. The summed E-state index contributed by atoms with van der Waals surface area (Å²) in [6.45, 7) is 1.65. The van der Waals surface area contributed by atoms with Crippen molar-refractivity contribution in [3.63, 3.8) is 0 Å². The maximum absolute atomic E-state index is 5.57. The maximum atomic E-state index is 5.57. The molecule has 0 heterocycles. The quantitative estimate of drug-likeness (QED) is 0.501. The molecule has 0 aliphatic rings. The minimum absolute atomic E-state index is 0.266. The zero-order valence-corrected chi connectivity index (χ0v) is 8.98. The molecule has 0 unspecified atom stereocenters. The molecule has 0 N–H and O–H groups in total. The van der Waals surface area contributed by atoms with Gasteiger partial charge in [-0.15, -0.1) is 23.2 Å². The van der Waals surface area contributed by atoms with Crippen LogP contribution in [0.3, 0.4) is 0 Å². The highest BCUT2D eigenvalue weighted by Crippen LogP contribution is 2.16. The Morgan fingerprint density at radius 1 is 1.17 bits per heavy atom. The number of methoxy groups -OCH3 is 2. The van der Waals surface area contributed by atoms with E-state index < -0.39 is 5.97 Å². The summed E-state index contributed by atoms with van der Waals surface area (Å²) in [6, 6.07) is 0. The standard InChI is InChI=1S/C7H14Cl2O3/c1-7(10-2,11-3)12-6(4-8)5-9/h6H,4-5H2,1-3H3. The number of ether oxygens (including phenoxy) is 3. The van der Waals surface area contributed by atoms with Crippen LogP contribution in [0.5, 0.6) is 0 Å². The molecule has 0 spiro atoms. The fourth-order valence-corrected chi connectivity index (χ4v) is 1.04. The van der Waals surface area contributed by atoms with Gasteiger partial charge in [0, 0.05) is 21.1 Å². The Hall–Kier alpha value is 0.460. The van der Waals surface area contributed by atoms with Gasteiger partial charge in [-0.05, 0) is 0 Å². The molecule has 0 fully saturated rings. The summed E-state index contributed by atoms with van der Waals surface area (Å²) in [4.78, 5) is 0. The highest BCUT2D eigenvalue weighted by molar-refractivity contribution is 6.21. The van der Waals surface area contributed by atoms with Crippen LogP contribution in [0.2, 0.25) is 0 Å². The summed E-state index contributed by atoms with van der Waals surface area (Å²) in [5.41, 5.74) is 0. The number of halogens is 2. The number of hydrogen-bond donors (Lipinski definition) is 0. The van der Waals surface area contributed by atoms with Crippen molar-refractivity contribution in [2.45, 2.75) is 19.0 Å². The number of alkyl halides is 2. The molecule has 0 amide bonds. The predicted octanol–water partition coefficient (Wildman–Crippen LogP) is 1.82. The lowest BCUT2D eigenvalue weighted by Gasteiger charge is -2.29. The average Bonchev–Trinajstić information content (AvgIpc) is 2.14. The molecule has 0 aromatic heterocycles. The zero-order chi connectivity index (χ0) is 9.61. The van der Waals surface area contributed by atoms with Crippen LogP contribution in [-0.4, -0.2) is 38.1 Å². The molecule has 0 saturated heterocycles. The molecule has 12 heavy (non-hydrogen) atoms. The van der Waals surface area contributed by atoms with Crippen molar-refractivity contribution in [1.82, 2.24) is 0 Å². The summed E-state index contributed by atoms with van der Waals surface area (Å²) >= 11 is 11.1. The van der Waals surface area contributed by atoms with Crippen LogP contribution >= 0.6 is 23.2 Å². The molecule has 5 heteroatoms. The third-order valence-electron chi connectivity index (χ3n) is 1.47. The van der Waals surface area contributed by atoms with Crippen molar-refractivity contribution in [2.24, 2.45) is 0 Å². The van der Waals surface area contributed by atoms with E-state index in [0.717, 1.165) is 0 Å². The van der Waals surface area contributed by atoms with Gasteiger partial charge in [-0.25, -0.2) is 0 Å². The van der Waals surface area contributed by atoms with Crippen LogP contribution in [0.25, 0.3) is 0 Å². The minimum Gasteiger partial charge on any atom is -0.331 e. The van der Waals surface area contributed by atoms with Gasteiger partial charge in [-0.2, -0.15) is 0 Å². The molecule has 0 aliphatic carbocycles. The Kier molecular flexibility index (Phi) is 6.23. The Bertz CT molecular complexity index is 113. The van der Waals surface area contributed by atoms with Gasteiger partial charge < -0.3 is 14.2 Å². The highest BCUT2D eigenvalue weighted by Gasteiger charge is 2.27. The average molecular weight is 217 g/mol. The summed E-state index contributed by atoms with van der Waals surface area (Å²) in [6.07, 6.45) is -0.266. The topological polar surface area (TPSA) is 27.7 Å². The van der Waals surface area contributed by atoms with Gasteiger partial charge in [0.2, 0.25) is 0 Å². The summed E-state index contributed by atoms with van der Waals surface area (Å²) in [5.74, 6) is -0.438. The first-order valence-electron chi connectivity index (χ1n) is 3.52. The van der Waals surface area contributed by atoms with E-state index in [2.05, 4.69) is 0 Å². The smallest absolute Gasteiger partial charge is 0.279 e. The fourth-order valence-electron chi connectivity index (χ4n) is 0.587. The Morgan fingerprint density at radius 3 is 1.83 bits per heavy atom. The molecule has 0 atom stereocenters. The third kappa shape index (κ3) is 3.92. The van der Waals surface area contributed by atoms with Crippen molar-refractivity contribution in [3.05, 3.63) is 0 Å². The lowest BCUT2D eigenvalue weighted by atomic mass is 10.4. The van der Waals surface area contributed by atoms with Crippen LogP contribution < -0.4 is 0 Å². The first kappa shape index (κ1) is 12.5. The first-order chi connectivity index (χ1) is 5.61. The summed E-state index contributed by atoms with van der Waals surface area (Å²) in [5, 5.41) is 0. The van der Waals surface area contributed by atoms with Crippen molar-refractivity contribution in [2.75, 3.05) is 26.0 Å². The van der Waals surface area contributed by atoms with Gasteiger partial charge in [-0.1, -0.05) is 0 Å². The second-order valence-electron chi connectivity index (χ2n) is 2.32. The molecule has 0 bridgehead atoms. The number of hydrogen-bond acceptors (Lipinski definition) is 3. The van der Waals surface area contributed by atoms with E-state index in [9.17, 15) is 0 Å². The predicted molar refractivity (Wildman–Crippen MR) is 48.7 cm³/mol. The van der Waals surface area contributed by atoms with Crippen molar-refractivity contribution >= 4 is 23.2 Å². The normalized spacial score (nSPS) is 12.5. The van der Waals surface area contributed by atoms with Crippen LogP contribution in [0, 0.1) is 0 Å². The lowest BCUT2D eigenvalue weighted by molar-refractivity contribution is -0.361. The molecular formula is C7H14Cl2O3. The summed E-state index contributed by atoms with van der Waals surface area (Å²) in [7, 11) is 2.98. The van der Waals surface area contributed by atoms with E-state index in [-0.39, 0.29) is 6.10 Å². The van der Waals surface area contributed by atoms with E-state index in [1.807, 2.05) is 0 Å². The number of rotatable bonds is 6. The second-order valence-corrected chi connectivity index (χ2v) is 2.94. The largest absolute Gasteiger partial charge is 0.331 e. The van der Waals surface area contributed by atoms with E-state index >= 15 is 0 Å². The first-order valence-corrected chi connectivity index (χ1v) is 4.58. The molecule has 0 aliphatic heterocycles. The van der Waals surface area contributed by atoms with E-state index in [1.165, 1.54) is 14.2 Å². The molecule has 74 valence electrons. The molecular weight excluding hydrogens is 203 g/mol. The highest BCUT2D eigenvalue weighted by atomic mass is 35.5. The Balaban J connectivity index is 3.99. The van der Waals surface area contributed by atoms with Crippen molar-refractivity contribution in [3.8, 4) is 0 Å². The van der Waals surface area contributed by atoms with E-state index in [0.29, 0.717) is 11.8 Å². The van der Waals surface area contributed by atoms with Crippen molar-refractivity contribution in [1.29, 1.82) is 0 Å². The Morgan fingerprint density at radius 2 is 1.58 bits per heavy atom.